The predicted molar refractivity (Wildman–Crippen MR) is 66.0 cm³/mol. The van der Waals surface area contributed by atoms with E-state index in [1.807, 2.05) is 30.3 Å². The average molecular weight is 214 g/mol. The van der Waals surface area contributed by atoms with Gasteiger partial charge in [-0.05, 0) is 23.6 Å². The lowest BCUT2D eigenvalue weighted by Crippen LogP contribution is -2.18. The van der Waals surface area contributed by atoms with Gasteiger partial charge in [0.05, 0.1) is 0 Å². The van der Waals surface area contributed by atoms with Gasteiger partial charge in [-0.15, -0.1) is 0 Å². The highest BCUT2D eigenvalue weighted by atomic mass is 16.2. The fraction of sp³-hybridized carbons (Fsp3) is 0.154. The first-order chi connectivity index (χ1) is 7.66. The van der Waals surface area contributed by atoms with Gasteiger partial charge in [0.25, 0.3) is 0 Å². The van der Waals surface area contributed by atoms with Crippen molar-refractivity contribution < 1.29 is 4.79 Å². The van der Waals surface area contributed by atoms with Gasteiger partial charge in [0.1, 0.15) is 0 Å². The Hall–Kier alpha value is -2.03. The molecule has 2 aromatic rings. The van der Waals surface area contributed by atoms with Crippen LogP contribution in [0.3, 0.4) is 0 Å². The summed E-state index contributed by atoms with van der Waals surface area (Å²) < 4.78 is 0. The van der Waals surface area contributed by atoms with Crippen LogP contribution in [0.25, 0.3) is 17.0 Å². The Labute approximate surface area is 94.4 Å². The van der Waals surface area contributed by atoms with Crippen molar-refractivity contribution in [2.45, 2.75) is 0 Å². The summed E-state index contributed by atoms with van der Waals surface area (Å²) in [6.07, 6.45) is 3.35. The van der Waals surface area contributed by atoms with Crippen molar-refractivity contribution in [1.82, 2.24) is 9.88 Å². The number of nitrogens with zero attached hydrogens (tertiary/aromatic N) is 1. The van der Waals surface area contributed by atoms with Gasteiger partial charge in [0.2, 0.25) is 5.91 Å². The molecule has 0 saturated carbocycles. The molecule has 0 atom stereocenters. The van der Waals surface area contributed by atoms with E-state index in [1.165, 1.54) is 0 Å². The molecule has 0 aliphatic heterocycles. The zero-order chi connectivity index (χ0) is 11.5. The largest absolute Gasteiger partial charge is 0.355 e. The molecule has 3 nitrogen and oxygen atoms in total. The maximum absolute atomic E-state index is 11.4. The molecule has 1 amide bonds. The first-order valence-corrected chi connectivity index (χ1v) is 5.14. The number of carbonyl (C=O) groups excluding carboxylic acids is 1. The molecule has 82 valence electrons. The number of rotatable bonds is 2. The summed E-state index contributed by atoms with van der Waals surface area (Å²) in [7, 11) is 3.47. The second kappa shape index (κ2) is 4.23. The summed E-state index contributed by atoms with van der Waals surface area (Å²) in [5.41, 5.74) is 2.02. The zero-order valence-electron chi connectivity index (χ0n) is 9.40. The number of nitrogens with one attached hydrogen (secondary N) is 1. The maximum Gasteiger partial charge on any atom is 0.246 e. The molecule has 0 saturated heterocycles. The summed E-state index contributed by atoms with van der Waals surface area (Å²) in [5, 5.41) is 1.15. The molecule has 0 fully saturated rings. The number of para-hydroxylation sites is 1. The Bertz CT molecular complexity index is 505. The molecule has 0 unspecified atom stereocenters. The van der Waals surface area contributed by atoms with Gasteiger partial charge in [-0.1, -0.05) is 18.2 Å². The molecular weight excluding hydrogens is 200 g/mol. The van der Waals surface area contributed by atoms with Crippen molar-refractivity contribution in [3.63, 3.8) is 0 Å². The lowest BCUT2D eigenvalue weighted by atomic mass is 10.2. The van der Waals surface area contributed by atoms with Gasteiger partial charge < -0.3 is 9.88 Å². The third-order valence-electron chi connectivity index (χ3n) is 2.40. The maximum atomic E-state index is 11.4. The normalized spacial score (nSPS) is 11.1. The minimum atomic E-state index is -0.0151. The van der Waals surface area contributed by atoms with E-state index >= 15 is 0 Å². The van der Waals surface area contributed by atoms with Gasteiger partial charge in [-0.25, -0.2) is 0 Å². The second-order valence-corrected chi connectivity index (χ2v) is 3.88. The topological polar surface area (TPSA) is 36.1 Å². The SMILES string of the molecule is CN(C)C(=O)/C=C/c1cc2ccccc2[nH]1. The van der Waals surface area contributed by atoms with E-state index in [1.54, 1.807) is 31.1 Å². The summed E-state index contributed by atoms with van der Waals surface area (Å²) in [6, 6.07) is 10.1. The molecule has 0 aliphatic rings. The van der Waals surface area contributed by atoms with Crippen molar-refractivity contribution in [3.05, 3.63) is 42.1 Å². The van der Waals surface area contributed by atoms with Crippen molar-refractivity contribution >= 4 is 22.9 Å². The zero-order valence-corrected chi connectivity index (χ0v) is 9.40. The van der Waals surface area contributed by atoms with E-state index in [9.17, 15) is 4.79 Å². The third-order valence-corrected chi connectivity index (χ3v) is 2.40. The van der Waals surface area contributed by atoms with Gasteiger partial charge in [-0.2, -0.15) is 0 Å². The fourth-order valence-electron chi connectivity index (χ4n) is 1.50. The summed E-state index contributed by atoms with van der Waals surface area (Å²) in [6.45, 7) is 0. The number of fused-ring (bicyclic) bond motifs is 1. The van der Waals surface area contributed by atoms with Crippen LogP contribution in [-0.2, 0) is 4.79 Å². The highest BCUT2D eigenvalue weighted by Crippen LogP contribution is 2.15. The average Bonchev–Trinajstić information content (AvgIpc) is 2.68. The van der Waals surface area contributed by atoms with Gasteiger partial charge in [0, 0.05) is 31.4 Å². The van der Waals surface area contributed by atoms with Crippen LogP contribution in [0.4, 0.5) is 0 Å². The molecule has 0 aliphatic carbocycles. The van der Waals surface area contributed by atoms with Crippen LogP contribution in [0.5, 0.6) is 0 Å². The first kappa shape index (κ1) is 10.5. The van der Waals surface area contributed by atoms with Crippen molar-refractivity contribution in [2.75, 3.05) is 14.1 Å². The number of likely N-dealkylation sites (N-methyl/N-ethyl adjacent to an activating group) is 1. The Morgan fingerprint density at radius 3 is 2.75 bits per heavy atom. The lowest BCUT2D eigenvalue weighted by Gasteiger charge is -2.04. The Morgan fingerprint density at radius 1 is 1.31 bits per heavy atom. The van der Waals surface area contributed by atoms with E-state index in [2.05, 4.69) is 4.98 Å². The molecule has 3 heteroatoms. The third kappa shape index (κ3) is 2.14. The van der Waals surface area contributed by atoms with Crippen LogP contribution in [0.15, 0.2) is 36.4 Å². The number of aromatic amines is 1. The highest BCUT2D eigenvalue weighted by Gasteiger charge is 1.99. The van der Waals surface area contributed by atoms with Crippen molar-refractivity contribution in [3.8, 4) is 0 Å². The molecule has 2 rings (SSSR count). The smallest absolute Gasteiger partial charge is 0.246 e. The standard InChI is InChI=1S/C13H14N2O/c1-15(2)13(16)8-7-11-9-10-5-3-4-6-12(10)14-11/h3-9,14H,1-2H3/b8-7+. The van der Waals surface area contributed by atoms with Gasteiger partial charge in [0.15, 0.2) is 0 Å². The van der Waals surface area contributed by atoms with Crippen molar-refractivity contribution in [2.24, 2.45) is 0 Å². The molecule has 0 radical (unpaired) electrons. The lowest BCUT2D eigenvalue weighted by molar-refractivity contribution is -0.123. The number of H-pyrrole nitrogens is 1. The Balaban J connectivity index is 2.25. The first-order valence-electron chi connectivity index (χ1n) is 5.14. The van der Waals surface area contributed by atoms with Crippen LogP contribution in [0.1, 0.15) is 5.69 Å². The monoisotopic (exact) mass is 214 g/mol. The van der Waals surface area contributed by atoms with E-state index in [0.717, 1.165) is 16.6 Å². The van der Waals surface area contributed by atoms with Crippen LogP contribution in [0.2, 0.25) is 0 Å². The molecule has 1 heterocycles. The minimum absolute atomic E-state index is 0.0151. The predicted octanol–water partition coefficient (Wildman–Crippen LogP) is 2.27. The fourth-order valence-corrected chi connectivity index (χ4v) is 1.50. The Morgan fingerprint density at radius 2 is 2.06 bits per heavy atom. The molecular formula is C13H14N2O. The number of aromatic nitrogens is 1. The second-order valence-electron chi connectivity index (χ2n) is 3.88. The number of benzene rings is 1. The molecule has 0 bridgehead atoms. The molecule has 0 spiro atoms. The molecule has 1 N–H and O–H groups in total. The van der Waals surface area contributed by atoms with E-state index in [4.69, 9.17) is 0 Å². The summed E-state index contributed by atoms with van der Waals surface area (Å²) >= 11 is 0. The van der Waals surface area contributed by atoms with Gasteiger partial charge in [-0.3, -0.25) is 4.79 Å². The van der Waals surface area contributed by atoms with Crippen LogP contribution < -0.4 is 0 Å². The van der Waals surface area contributed by atoms with Crippen LogP contribution >= 0.6 is 0 Å². The van der Waals surface area contributed by atoms with E-state index in [-0.39, 0.29) is 5.91 Å². The molecule has 1 aromatic heterocycles. The summed E-state index contributed by atoms with van der Waals surface area (Å²) in [5.74, 6) is -0.0151. The summed E-state index contributed by atoms with van der Waals surface area (Å²) in [4.78, 5) is 16.1. The van der Waals surface area contributed by atoms with Gasteiger partial charge >= 0.3 is 0 Å². The van der Waals surface area contributed by atoms with E-state index < -0.39 is 0 Å². The molecule has 1 aromatic carbocycles. The van der Waals surface area contributed by atoms with Crippen LogP contribution in [-0.4, -0.2) is 29.9 Å². The number of amides is 1. The number of hydrogen-bond acceptors (Lipinski definition) is 1. The quantitative estimate of drug-likeness (QED) is 0.765. The van der Waals surface area contributed by atoms with Crippen molar-refractivity contribution in [1.29, 1.82) is 0 Å². The highest BCUT2D eigenvalue weighted by molar-refractivity contribution is 5.92. The Kier molecular flexibility index (Phi) is 2.77. The van der Waals surface area contributed by atoms with Crippen LogP contribution in [0, 0.1) is 0 Å². The molecule has 16 heavy (non-hydrogen) atoms. The number of carbonyl (C=O) groups is 1. The minimum Gasteiger partial charge on any atom is -0.355 e. The van der Waals surface area contributed by atoms with E-state index in [0.29, 0.717) is 0 Å². The number of hydrogen-bond donors (Lipinski definition) is 1.